The van der Waals surface area contributed by atoms with Crippen LogP contribution >= 0.6 is 0 Å². The van der Waals surface area contributed by atoms with Crippen LogP contribution in [0.4, 0.5) is 5.82 Å². The lowest BCUT2D eigenvalue weighted by Gasteiger charge is -2.37. The van der Waals surface area contributed by atoms with E-state index in [1.165, 1.54) is 0 Å². The van der Waals surface area contributed by atoms with Gasteiger partial charge in [-0.1, -0.05) is 13.8 Å². The first kappa shape index (κ1) is 14.2. The summed E-state index contributed by atoms with van der Waals surface area (Å²) < 4.78 is 5.43. The van der Waals surface area contributed by atoms with Crippen LogP contribution in [0.15, 0.2) is 12.3 Å². The molecule has 0 unspecified atom stereocenters. The normalized spacial score (nSPS) is 17.6. The van der Waals surface area contributed by atoms with Gasteiger partial charge < -0.3 is 15.8 Å². The Morgan fingerprint density at radius 2 is 2.16 bits per heavy atom. The number of anilines is 1. The molecule has 5 heteroatoms. The van der Waals surface area contributed by atoms with Crippen molar-refractivity contribution in [3.05, 3.63) is 18.1 Å². The smallest absolute Gasteiger partial charge is 0.144 e. The third-order valence-corrected chi connectivity index (χ3v) is 3.92. The zero-order valence-corrected chi connectivity index (χ0v) is 11.9. The topological polar surface area (TPSA) is 73.1 Å². The van der Waals surface area contributed by atoms with Gasteiger partial charge in [-0.05, 0) is 30.2 Å². The van der Waals surface area contributed by atoms with Crippen molar-refractivity contribution in [2.45, 2.75) is 33.2 Å². The first-order valence-electron chi connectivity index (χ1n) is 6.94. The molecule has 106 valence electrons. The second-order valence-corrected chi connectivity index (χ2v) is 5.88. The maximum absolute atomic E-state index is 5.64. The molecule has 0 spiro atoms. The predicted octanol–water partition coefficient (Wildman–Crippen LogP) is 1.60. The number of hydrogen-bond donors (Lipinski definition) is 2. The van der Waals surface area contributed by atoms with Crippen molar-refractivity contribution < 1.29 is 4.74 Å². The van der Waals surface area contributed by atoms with E-state index in [-0.39, 0.29) is 5.41 Å². The molecule has 1 fully saturated rings. The van der Waals surface area contributed by atoms with Crippen molar-refractivity contribution >= 4 is 5.82 Å². The molecule has 1 saturated heterocycles. The predicted molar refractivity (Wildman–Crippen MR) is 75.5 cm³/mol. The molecule has 1 aliphatic rings. The highest BCUT2D eigenvalue weighted by Gasteiger charge is 2.30. The fourth-order valence-corrected chi connectivity index (χ4v) is 2.62. The Kier molecular flexibility index (Phi) is 4.71. The van der Waals surface area contributed by atoms with Gasteiger partial charge in [0.1, 0.15) is 11.6 Å². The van der Waals surface area contributed by atoms with Gasteiger partial charge in [0.2, 0.25) is 0 Å². The molecule has 1 aromatic heterocycles. The molecule has 0 saturated carbocycles. The zero-order valence-electron chi connectivity index (χ0n) is 11.9. The van der Waals surface area contributed by atoms with Crippen LogP contribution in [0.1, 0.15) is 32.5 Å². The summed E-state index contributed by atoms with van der Waals surface area (Å²) in [4.78, 5) is 8.39. The standard InChI is InChI=1S/C14H24N4O/c1-14(2,11-4-7-19-8-5-11)10-16-9-13-17-6-3-12(15)18-13/h3,6,11,16H,4-5,7-10H2,1-2H3,(H2,15,17,18). The van der Waals surface area contributed by atoms with Crippen LogP contribution in [0.25, 0.3) is 0 Å². The first-order chi connectivity index (χ1) is 9.08. The molecule has 0 radical (unpaired) electrons. The molecule has 3 N–H and O–H groups in total. The van der Waals surface area contributed by atoms with Crippen LogP contribution in [0.3, 0.4) is 0 Å². The van der Waals surface area contributed by atoms with Crippen LogP contribution in [-0.2, 0) is 11.3 Å². The van der Waals surface area contributed by atoms with E-state index in [0.717, 1.165) is 44.3 Å². The van der Waals surface area contributed by atoms with E-state index in [4.69, 9.17) is 10.5 Å². The van der Waals surface area contributed by atoms with Crippen LogP contribution < -0.4 is 11.1 Å². The summed E-state index contributed by atoms with van der Waals surface area (Å²) in [5.41, 5.74) is 5.91. The number of aromatic nitrogens is 2. The minimum Gasteiger partial charge on any atom is -0.384 e. The molecular weight excluding hydrogens is 240 g/mol. The highest BCUT2D eigenvalue weighted by atomic mass is 16.5. The van der Waals surface area contributed by atoms with Crippen molar-refractivity contribution in [3.8, 4) is 0 Å². The Hall–Kier alpha value is -1.20. The fourth-order valence-electron chi connectivity index (χ4n) is 2.62. The molecular formula is C14H24N4O. The molecule has 1 aromatic rings. The van der Waals surface area contributed by atoms with E-state index in [2.05, 4.69) is 29.1 Å². The maximum Gasteiger partial charge on any atom is 0.144 e. The third-order valence-electron chi connectivity index (χ3n) is 3.92. The Morgan fingerprint density at radius 1 is 1.42 bits per heavy atom. The minimum absolute atomic E-state index is 0.268. The first-order valence-corrected chi connectivity index (χ1v) is 6.94. The fraction of sp³-hybridized carbons (Fsp3) is 0.714. The van der Waals surface area contributed by atoms with Gasteiger partial charge in [0, 0.05) is 26.0 Å². The number of nitrogen functional groups attached to an aromatic ring is 1. The van der Waals surface area contributed by atoms with Gasteiger partial charge in [-0.25, -0.2) is 9.97 Å². The van der Waals surface area contributed by atoms with Gasteiger partial charge in [-0.2, -0.15) is 0 Å². The minimum atomic E-state index is 0.268. The van der Waals surface area contributed by atoms with E-state index in [0.29, 0.717) is 12.4 Å². The van der Waals surface area contributed by atoms with Crippen molar-refractivity contribution in [3.63, 3.8) is 0 Å². The van der Waals surface area contributed by atoms with Gasteiger partial charge >= 0.3 is 0 Å². The molecule has 0 bridgehead atoms. The van der Waals surface area contributed by atoms with E-state index < -0.39 is 0 Å². The molecule has 0 aromatic carbocycles. The molecule has 5 nitrogen and oxygen atoms in total. The number of nitrogens with zero attached hydrogens (tertiary/aromatic N) is 2. The molecule has 19 heavy (non-hydrogen) atoms. The van der Waals surface area contributed by atoms with Crippen molar-refractivity contribution in [2.24, 2.45) is 11.3 Å². The second-order valence-electron chi connectivity index (χ2n) is 5.88. The van der Waals surface area contributed by atoms with Crippen LogP contribution in [0.2, 0.25) is 0 Å². The SMILES string of the molecule is CC(C)(CNCc1nccc(N)n1)C1CCOCC1. The van der Waals surface area contributed by atoms with Gasteiger partial charge in [-0.3, -0.25) is 0 Å². The van der Waals surface area contributed by atoms with Crippen molar-refractivity contribution in [1.29, 1.82) is 0 Å². The molecule has 0 amide bonds. The average Bonchev–Trinajstić information content (AvgIpc) is 2.40. The summed E-state index contributed by atoms with van der Waals surface area (Å²) in [6, 6.07) is 1.70. The number of hydrogen-bond acceptors (Lipinski definition) is 5. The van der Waals surface area contributed by atoms with E-state index in [1.54, 1.807) is 12.3 Å². The second kappa shape index (κ2) is 6.30. The highest BCUT2D eigenvalue weighted by molar-refractivity contribution is 5.24. The molecule has 0 atom stereocenters. The third kappa shape index (κ3) is 4.14. The summed E-state index contributed by atoms with van der Waals surface area (Å²) in [6.45, 7) is 8.04. The van der Waals surface area contributed by atoms with E-state index >= 15 is 0 Å². The summed E-state index contributed by atoms with van der Waals surface area (Å²) in [5, 5.41) is 3.45. The lowest BCUT2D eigenvalue weighted by atomic mass is 9.74. The Balaban J connectivity index is 1.80. The monoisotopic (exact) mass is 264 g/mol. The molecule has 2 rings (SSSR count). The Labute approximate surface area is 115 Å². The zero-order chi connectivity index (χ0) is 13.7. The number of rotatable bonds is 5. The Bertz CT molecular complexity index is 402. The lowest BCUT2D eigenvalue weighted by molar-refractivity contribution is 0.0227. The summed E-state index contributed by atoms with van der Waals surface area (Å²) in [7, 11) is 0. The number of nitrogens with two attached hydrogens (primary N) is 1. The van der Waals surface area contributed by atoms with Gasteiger partial charge in [-0.15, -0.1) is 0 Å². The van der Waals surface area contributed by atoms with Crippen LogP contribution in [-0.4, -0.2) is 29.7 Å². The number of nitrogens with one attached hydrogen (secondary N) is 1. The number of ether oxygens (including phenoxy) is 1. The maximum atomic E-state index is 5.64. The van der Waals surface area contributed by atoms with Gasteiger partial charge in [0.25, 0.3) is 0 Å². The summed E-state index contributed by atoms with van der Waals surface area (Å²) in [6.07, 6.45) is 4.01. The summed E-state index contributed by atoms with van der Waals surface area (Å²) in [5.74, 6) is 1.99. The Morgan fingerprint density at radius 3 is 2.84 bits per heavy atom. The van der Waals surface area contributed by atoms with Crippen molar-refractivity contribution in [1.82, 2.24) is 15.3 Å². The largest absolute Gasteiger partial charge is 0.384 e. The van der Waals surface area contributed by atoms with Crippen LogP contribution in [0, 0.1) is 11.3 Å². The summed E-state index contributed by atoms with van der Waals surface area (Å²) >= 11 is 0. The van der Waals surface area contributed by atoms with Crippen LogP contribution in [0.5, 0.6) is 0 Å². The highest BCUT2D eigenvalue weighted by Crippen LogP contribution is 2.33. The molecule has 1 aliphatic heterocycles. The average molecular weight is 264 g/mol. The molecule has 2 heterocycles. The molecule has 0 aliphatic carbocycles. The van der Waals surface area contributed by atoms with E-state index in [9.17, 15) is 0 Å². The van der Waals surface area contributed by atoms with Crippen molar-refractivity contribution in [2.75, 3.05) is 25.5 Å². The van der Waals surface area contributed by atoms with Gasteiger partial charge in [0.05, 0.1) is 6.54 Å². The van der Waals surface area contributed by atoms with E-state index in [1.807, 2.05) is 0 Å². The lowest BCUT2D eigenvalue weighted by Crippen LogP contribution is -2.38. The van der Waals surface area contributed by atoms with Gasteiger partial charge in [0.15, 0.2) is 0 Å². The quantitative estimate of drug-likeness (QED) is 0.845.